The van der Waals surface area contributed by atoms with Crippen molar-refractivity contribution in [3.63, 3.8) is 0 Å². The van der Waals surface area contributed by atoms with Gasteiger partial charge in [0, 0.05) is 4.88 Å². The fourth-order valence-electron chi connectivity index (χ4n) is 0.861. The van der Waals surface area contributed by atoms with Crippen LogP contribution in [0.25, 0.3) is 0 Å². The summed E-state index contributed by atoms with van der Waals surface area (Å²) in [6, 6.07) is 2.71. The van der Waals surface area contributed by atoms with Crippen molar-refractivity contribution >= 4 is 27.3 Å². The number of thiophene rings is 1. The zero-order valence-corrected chi connectivity index (χ0v) is 9.21. The molecule has 0 aliphatic heterocycles. The quantitative estimate of drug-likeness (QED) is 0.877. The molecule has 1 aromatic rings. The van der Waals surface area contributed by atoms with Gasteiger partial charge in [-0.25, -0.2) is 0 Å². The highest BCUT2D eigenvalue weighted by Gasteiger charge is 2.53. The highest BCUT2D eigenvalue weighted by atomic mass is 79.9. The van der Waals surface area contributed by atoms with E-state index in [2.05, 4.69) is 15.9 Å². The SMILES string of the molecule is N[C@](CO)(c1ccc(Br)s1)C(F)(F)F. The first-order chi connectivity index (χ1) is 6.31. The van der Waals surface area contributed by atoms with E-state index < -0.39 is 18.3 Å². The molecule has 0 fully saturated rings. The number of alkyl halides is 3. The molecule has 0 amide bonds. The average Bonchev–Trinajstić information content (AvgIpc) is 2.48. The Hall–Kier alpha value is -0.110. The van der Waals surface area contributed by atoms with Crippen LogP contribution in [-0.4, -0.2) is 17.9 Å². The maximum atomic E-state index is 12.5. The van der Waals surface area contributed by atoms with E-state index in [9.17, 15) is 13.2 Å². The van der Waals surface area contributed by atoms with Crippen LogP contribution >= 0.6 is 27.3 Å². The van der Waals surface area contributed by atoms with Crippen molar-refractivity contribution in [3.8, 4) is 0 Å². The Morgan fingerprint density at radius 3 is 2.29 bits per heavy atom. The van der Waals surface area contributed by atoms with Gasteiger partial charge in [-0.15, -0.1) is 11.3 Å². The zero-order valence-electron chi connectivity index (χ0n) is 6.81. The molecule has 1 rings (SSSR count). The normalized spacial score (nSPS) is 16.7. The summed E-state index contributed by atoms with van der Waals surface area (Å²) in [6.45, 7) is -1.16. The van der Waals surface area contributed by atoms with Gasteiger partial charge in [-0.05, 0) is 28.1 Å². The van der Waals surface area contributed by atoms with E-state index in [0.29, 0.717) is 3.79 Å². The van der Waals surface area contributed by atoms with Crippen LogP contribution in [0.1, 0.15) is 4.88 Å². The van der Waals surface area contributed by atoms with Crippen LogP contribution in [0, 0.1) is 0 Å². The van der Waals surface area contributed by atoms with Crippen molar-refractivity contribution in [2.24, 2.45) is 5.73 Å². The Labute approximate surface area is 90.7 Å². The number of aliphatic hydroxyl groups is 1. The van der Waals surface area contributed by atoms with Crippen LogP contribution in [0.3, 0.4) is 0 Å². The van der Waals surface area contributed by atoms with E-state index in [1.807, 2.05) is 0 Å². The maximum absolute atomic E-state index is 12.5. The zero-order chi connectivity index (χ0) is 11.0. The lowest BCUT2D eigenvalue weighted by molar-refractivity contribution is -0.198. The predicted molar refractivity (Wildman–Crippen MR) is 51.0 cm³/mol. The molecule has 80 valence electrons. The number of nitrogens with two attached hydrogens (primary N) is 1. The summed E-state index contributed by atoms with van der Waals surface area (Å²) in [5.74, 6) is 0. The molecule has 0 aliphatic rings. The minimum Gasteiger partial charge on any atom is -0.394 e. The van der Waals surface area contributed by atoms with Gasteiger partial charge < -0.3 is 10.8 Å². The molecular formula is C7H7BrF3NOS. The predicted octanol–water partition coefficient (Wildman–Crippen LogP) is 2.22. The number of aliphatic hydroxyl groups excluding tert-OH is 1. The third-order valence-corrected chi connectivity index (χ3v) is 3.57. The second-order valence-electron chi connectivity index (χ2n) is 2.73. The van der Waals surface area contributed by atoms with Gasteiger partial charge in [0.25, 0.3) is 0 Å². The number of hydrogen-bond acceptors (Lipinski definition) is 3. The summed E-state index contributed by atoms with van der Waals surface area (Å²) < 4.78 is 38.1. The van der Waals surface area contributed by atoms with E-state index in [1.54, 1.807) is 0 Å². The Bertz CT molecular complexity index is 327. The molecule has 0 spiro atoms. The molecule has 1 atom stereocenters. The van der Waals surface area contributed by atoms with Gasteiger partial charge in [0.2, 0.25) is 0 Å². The van der Waals surface area contributed by atoms with Crippen LogP contribution in [0.4, 0.5) is 13.2 Å². The van der Waals surface area contributed by atoms with E-state index in [0.717, 1.165) is 11.3 Å². The van der Waals surface area contributed by atoms with E-state index >= 15 is 0 Å². The standard InChI is InChI=1S/C7H7BrF3NOS/c8-5-2-1-4(14-5)6(12,3-13)7(9,10)11/h1-2,13H,3,12H2/t6-/m1/s1. The molecule has 0 radical (unpaired) electrons. The first kappa shape index (κ1) is 12.0. The molecule has 1 aromatic heterocycles. The van der Waals surface area contributed by atoms with Crippen molar-refractivity contribution in [2.45, 2.75) is 11.7 Å². The van der Waals surface area contributed by atoms with E-state index in [1.165, 1.54) is 12.1 Å². The van der Waals surface area contributed by atoms with Crippen LogP contribution in [-0.2, 0) is 5.54 Å². The van der Waals surface area contributed by atoms with Crippen LogP contribution in [0.15, 0.2) is 15.9 Å². The van der Waals surface area contributed by atoms with Gasteiger partial charge in [0.1, 0.15) is 0 Å². The van der Waals surface area contributed by atoms with Gasteiger partial charge in [-0.3, -0.25) is 0 Å². The summed E-state index contributed by atoms with van der Waals surface area (Å²) >= 11 is 3.89. The van der Waals surface area contributed by atoms with Crippen LogP contribution < -0.4 is 5.73 Å². The van der Waals surface area contributed by atoms with Crippen LogP contribution in [0.5, 0.6) is 0 Å². The average molecular weight is 290 g/mol. The van der Waals surface area contributed by atoms with E-state index in [-0.39, 0.29) is 4.88 Å². The Morgan fingerprint density at radius 1 is 1.43 bits per heavy atom. The second-order valence-corrected chi connectivity index (χ2v) is 5.19. The molecule has 0 bridgehead atoms. The molecule has 0 saturated heterocycles. The first-order valence-corrected chi connectivity index (χ1v) is 5.14. The minimum atomic E-state index is -4.66. The fraction of sp³-hybridized carbons (Fsp3) is 0.429. The topological polar surface area (TPSA) is 46.2 Å². The number of halogens is 4. The molecule has 3 N–H and O–H groups in total. The Kier molecular flexibility index (Phi) is 3.25. The molecule has 0 aliphatic carbocycles. The van der Waals surface area contributed by atoms with Crippen molar-refractivity contribution in [1.29, 1.82) is 0 Å². The molecule has 14 heavy (non-hydrogen) atoms. The maximum Gasteiger partial charge on any atom is 0.413 e. The summed E-state index contributed by atoms with van der Waals surface area (Å²) in [5.41, 5.74) is 2.46. The monoisotopic (exact) mass is 289 g/mol. The molecule has 0 aromatic carbocycles. The highest BCUT2D eigenvalue weighted by molar-refractivity contribution is 9.11. The lowest BCUT2D eigenvalue weighted by Gasteiger charge is -2.28. The summed E-state index contributed by atoms with van der Waals surface area (Å²) in [6.07, 6.45) is -4.66. The van der Waals surface area contributed by atoms with Gasteiger partial charge in [-0.2, -0.15) is 13.2 Å². The van der Waals surface area contributed by atoms with Gasteiger partial charge >= 0.3 is 6.18 Å². The van der Waals surface area contributed by atoms with Gasteiger partial charge in [0.05, 0.1) is 10.4 Å². The molecule has 1 heterocycles. The summed E-state index contributed by atoms with van der Waals surface area (Å²) in [4.78, 5) is -0.112. The number of rotatable bonds is 2. The van der Waals surface area contributed by atoms with Crippen molar-refractivity contribution in [2.75, 3.05) is 6.61 Å². The fourth-order valence-corrected chi connectivity index (χ4v) is 2.36. The molecule has 0 unspecified atom stereocenters. The third kappa shape index (κ3) is 1.95. The lowest BCUT2D eigenvalue weighted by Crippen LogP contribution is -2.52. The van der Waals surface area contributed by atoms with Gasteiger partial charge in [0.15, 0.2) is 5.54 Å². The molecule has 0 saturated carbocycles. The largest absolute Gasteiger partial charge is 0.413 e. The van der Waals surface area contributed by atoms with Gasteiger partial charge in [-0.1, -0.05) is 0 Å². The summed E-state index contributed by atoms with van der Waals surface area (Å²) in [7, 11) is 0. The molecule has 7 heteroatoms. The lowest BCUT2D eigenvalue weighted by atomic mass is 10.00. The van der Waals surface area contributed by atoms with Crippen molar-refractivity contribution in [1.82, 2.24) is 0 Å². The molecular weight excluding hydrogens is 283 g/mol. The third-order valence-electron chi connectivity index (χ3n) is 1.77. The van der Waals surface area contributed by atoms with E-state index in [4.69, 9.17) is 10.8 Å². The highest BCUT2D eigenvalue weighted by Crippen LogP contribution is 2.40. The van der Waals surface area contributed by atoms with Crippen LogP contribution in [0.2, 0.25) is 0 Å². The van der Waals surface area contributed by atoms with Crippen molar-refractivity contribution < 1.29 is 18.3 Å². The minimum absolute atomic E-state index is 0.112. The summed E-state index contributed by atoms with van der Waals surface area (Å²) in [5, 5.41) is 8.73. The smallest absolute Gasteiger partial charge is 0.394 e. The van der Waals surface area contributed by atoms with Crippen molar-refractivity contribution in [3.05, 3.63) is 20.8 Å². The number of hydrogen-bond donors (Lipinski definition) is 2. The first-order valence-electron chi connectivity index (χ1n) is 3.53. The molecule has 2 nitrogen and oxygen atoms in total. The second kappa shape index (κ2) is 3.80. The Balaban J connectivity index is 3.14. The Morgan fingerprint density at radius 2 is 2.00 bits per heavy atom.